The topological polar surface area (TPSA) is 81.1 Å². The van der Waals surface area contributed by atoms with Crippen LogP contribution >= 0.6 is 11.3 Å². The van der Waals surface area contributed by atoms with Gasteiger partial charge in [-0.25, -0.2) is 0 Å². The van der Waals surface area contributed by atoms with Crippen molar-refractivity contribution < 1.29 is 9.53 Å². The van der Waals surface area contributed by atoms with Gasteiger partial charge in [-0.05, 0) is 188 Å². The first kappa shape index (κ1) is 80.2. The zero-order valence-corrected chi connectivity index (χ0v) is 63.8. The Hall–Kier alpha value is -7.23. The third kappa shape index (κ3) is 29.3. The minimum Gasteiger partial charge on any atom is -0.372 e. The molecule has 0 fully saturated rings. The molecule has 10 rings (SSSR count). The molecule has 0 aliphatic carbocycles. The summed E-state index contributed by atoms with van der Waals surface area (Å²) in [6, 6.07) is 54.5. The molecule has 6 heterocycles. The second-order valence-corrected chi connectivity index (χ2v) is 33.0. The number of ketones is 1. The van der Waals surface area contributed by atoms with Crippen LogP contribution in [0, 0.1) is 13.8 Å². The number of Topliss-reactive ketones (excluding diaryl/α,β-unsaturated/α-hetero) is 1. The van der Waals surface area contributed by atoms with Gasteiger partial charge in [0, 0.05) is 60.7 Å². The summed E-state index contributed by atoms with van der Waals surface area (Å²) >= 11 is 1.77. The van der Waals surface area contributed by atoms with Crippen LogP contribution in [0.3, 0.4) is 0 Å². The first-order chi connectivity index (χ1) is 44.2. The van der Waals surface area contributed by atoms with Crippen LogP contribution in [0.15, 0.2) is 199 Å². The average molecular weight is 1300 g/mol. The molecule has 0 bridgehead atoms. The number of hydrogen-bond acceptors (Lipinski definition) is 8. The van der Waals surface area contributed by atoms with Gasteiger partial charge in [-0.1, -0.05) is 260 Å². The number of fused-ring (bicyclic) bond motifs is 1. The first-order valence-electron chi connectivity index (χ1n) is 34.1. The lowest BCUT2D eigenvalue weighted by Gasteiger charge is -2.23. The third-order valence-electron chi connectivity index (χ3n) is 16.2. The summed E-state index contributed by atoms with van der Waals surface area (Å²) in [7, 11) is 0. The maximum atomic E-state index is 11.3. The lowest BCUT2D eigenvalue weighted by atomic mass is 9.83. The quantitative estimate of drug-likeness (QED) is 0.133. The monoisotopic (exact) mass is 1300 g/mol. The van der Waals surface area contributed by atoms with Crippen molar-refractivity contribution in [1.29, 1.82) is 0 Å². The molecule has 0 spiro atoms. The molecule has 0 saturated carbocycles. The predicted molar refractivity (Wildman–Crippen MR) is 408 cm³/mol. The van der Waals surface area contributed by atoms with Gasteiger partial charge in [0.15, 0.2) is 5.78 Å². The second kappa shape index (κ2) is 36.8. The van der Waals surface area contributed by atoms with E-state index >= 15 is 0 Å². The Morgan fingerprint density at radius 1 is 0.474 bits per heavy atom. The molecule has 510 valence electrons. The van der Waals surface area contributed by atoms with Crippen molar-refractivity contribution in [3.63, 3.8) is 0 Å². The standard InChI is InChI=1S/C26H33N3.2C12H16O.C11H16.2C9H13N.C8H12S/c1-21-13-14-22(18-25(21)26(2,3)4)10-9-17-29(19-23-11-5-7-15-27-23)20-24-12-6-8-16-28-24;1-12(2,3)11-6-4-5-9-7-13-8-10(9)11;1-9(13)10-7-5-6-8-11(10)12(2,3)4;1-9-6-5-7-10(8-9)11(2,3)4;1-9(2,3)8-5-4-6-10-7-8;1-9(2,3)8-6-4-5-7-10-8;1-8(2,3)7-4-5-9-6-7/h5-8,11-16,18H,9-10,17,19-20H2,1-4H3;4-6H,7-8H2,1-3H3;5-8H,1-4H3;5-8H,1-4H3;2*4-7H,1-3H3;4-6H,1-3H3. The highest BCUT2D eigenvalue weighted by molar-refractivity contribution is 7.08. The Morgan fingerprint density at radius 2 is 1.01 bits per heavy atom. The molecular weight excluding hydrogens is 1180 g/mol. The van der Waals surface area contributed by atoms with E-state index in [9.17, 15) is 4.79 Å². The zero-order chi connectivity index (χ0) is 70.8. The highest BCUT2D eigenvalue weighted by Gasteiger charge is 2.24. The lowest BCUT2D eigenvalue weighted by Crippen LogP contribution is -2.25. The van der Waals surface area contributed by atoms with Gasteiger partial charge in [0.2, 0.25) is 0 Å². The molecular formula is C87H119N5O2S. The summed E-state index contributed by atoms with van der Waals surface area (Å²) < 4.78 is 5.45. The molecule has 95 heavy (non-hydrogen) atoms. The molecule has 0 saturated heterocycles. The van der Waals surface area contributed by atoms with E-state index in [1.54, 1.807) is 24.5 Å². The van der Waals surface area contributed by atoms with E-state index in [0.717, 1.165) is 73.9 Å². The van der Waals surface area contributed by atoms with Gasteiger partial charge >= 0.3 is 0 Å². The molecule has 0 N–H and O–H groups in total. The van der Waals surface area contributed by atoms with Gasteiger partial charge in [-0.3, -0.25) is 29.6 Å². The van der Waals surface area contributed by atoms with Gasteiger partial charge in [0.05, 0.1) is 24.6 Å². The number of carbonyl (C=O) groups excluding carboxylic acids is 1. The lowest BCUT2D eigenvalue weighted by molar-refractivity contribution is 0.101. The van der Waals surface area contributed by atoms with Crippen LogP contribution < -0.4 is 0 Å². The predicted octanol–water partition coefficient (Wildman–Crippen LogP) is 23.0. The maximum Gasteiger partial charge on any atom is 0.160 e. The van der Waals surface area contributed by atoms with E-state index in [1.807, 2.05) is 79.4 Å². The van der Waals surface area contributed by atoms with E-state index in [2.05, 4.69) is 298 Å². The molecule has 0 radical (unpaired) electrons. The number of ether oxygens (including phenoxy) is 1. The number of benzene rings is 4. The van der Waals surface area contributed by atoms with Crippen molar-refractivity contribution in [2.24, 2.45) is 0 Å². The summed E-state index contributed by atoms with van der Waals surface area (Å²) in [6.45, 7) is 56.7. The Kier molecular flexibility index (Phi) is 31.0. The summed E-state index contributed by atoms with van der Waals surface area (Å²) in [4.78, 5) is 31.1. The van der Waals surface area contributed by atoms with Gasteiger partial charge < -0.3 is 4.74 Å². The van der Waals surface area contributed by atoms with Crippen molar-refractivity contribution in [2.45, 2.75) is 243 Å². The van der Waals surface area contributed by atoms with Crippen LogP contribution in [0.2, 0.25) is 0 Å². The van der Waals surface area contributed by atoms with Crippen LogP contribution in [-0.2, 0) is 75.4 Å². The first-order valence-corrected chi connectivity index (χ1v) is 35.0. The average Bonchev–Trinajstić information content (AvgIpc) is 1.78. The highest BCUT2D eigenvalue weighted by Crippen LogP contribution is 2.33. The number of aromatic nitrogens is 4. The molecule has 0 atom stereocenters. The highest BCUT2D eigenvalue weighted by atomic mass is 32.1. The van der Waals surface area contributed by atoms with Crippen LogP contribution in [0.5, 0.6) is 0 Å². The SMILES string of the molecule is CC(=O)c1ccccc1C(C)(C)C.CC(C)(C)c1cccc2c1COC2.CC(C)(C)c1ccccn1.CC(C)(C)c1cccnc1.CC(C)(C)c1ccsc1.Cc1ccc(CCCN(Cc2ccccn2)Cc2ccccn2)cc1C(C)(C)C.Cc1cccc(C(C)(C)C)c1. The maximum absolute atomic E-state index is 11.3. The summed E-state index contributed by atoms with van der Waals surface area (Å²) in [6.07, 6.45) is 11.5. The smallest absolute Gasteiger partial charge is 0.160 e. The molecule has 1 aliphatic rings. The van der Waals surface area contributed by atoms with Gasteiger partial charge in [-0.15, -0.1) is 0 Å². The number of nitrogens with zero attached hydrogens (tertiary/aromatic N) is 5. The fraction of sp³-hybridized carbons (Fsp3) is 0.437. The molecule has 0 unspecified atom stereocenters. The van der Waals surface area contributed by atoms with Crippen molar-refractivity contribution in [2.75, 3.05) is 6.54 Å². The Labute approximate surface area is 581 Å². The fourth-order valence-corrected chi connectivity index (χ4v) is 11.4. The number of rotatable bonds is 9. The Balaban J connectivity index is 0.000000249. The van der Waals surface area contributed by atoms with Crippen LogP contribution in [-0.4, -0.2) is 37.2 Å². The summed E-state index contributed by atoms with van der Waals surface area (Å²) in [5.74, 6) is 0.144. The molecule has 8 heteroatoms. The minimum absolute atomic E-state index is 0.0439. The second-order valence-electron chi connectivity index (χ2n) is 32.2. The van der Waals surface area contributed by atoms with Crippen molar-refractivity contribution in [3.05, 3.63) is 283 Å². The Bertz CT molecular complexity index is 3530. The number of hydrogen-bond donors (Lipinski definition) is 0. The Morgan fingerprint density at radius 3 is 1.43 bits per heavy atom. The zero-order valence-electron chi connectivity index (χ0n) is 63.0. The number of carbonyl (C=O) groups is 1. The van der Waals surface area contributed by atoms with Crippen LogP contribution in [0.25, 0.3) is 0 Å². The fourth-order valence-electron chi connectivity index (χ4n) is 10.6. The molecule has 7 nitrogen and oxygen atoms in total. The van der Waals surface area contributed by atoms with Crippen LogP contribution in [0.4, 0.5) is 0 Å². The van der Waals surface area contributed by atoms with E-state index in [0.29, 0.717) is 5.41 Å². The van der Waals surface area contributed by atoms with E-state index in [1.165, 1.54) is 55.6 Å². The van der Waals surface area contributed by atoms with E-state index in [4.69, 9.17) is 4.74 Å². The number of pyridine rings is 4. The number of aryl methyl sites for hydroxylation is 3. The van der Waals surface area contributed by atoms with Crippen molar-refractivity contribution in [1.82, 2.24) is 24.8 Å². The van der Waals surface area contributed by atoms with Gasteiger partial charge in [0.25, 0.3) is 0 Å². The normalized spacial score (nSPS) is 12.2. The molecule has 9 aromatic rings. The third-order valence-corrected chi connectivity index (χ3v) is 16.9. The largest absolute Gasteiger partial charge is 0.372 e. The van der Waals surface area contributed by atoms with Crippen molar-refractivity contribution >= 4 is 17.1 Å². The number of thiophene rings is 1. The molecule has 5 aromatic heterocycles. The molecule has 0 amide bonds. The van der Waals surface area contributed by atoms with E-state index in [-0.39, 0.29) is 38.3 Å². The van der Waals surface area contributed by atoms with Gasteiger partial charge in [0.1, 0.15) is 0 Å². The molecule has 4 aromatic carbocycles. The van der Waals surface area contributed by atoms with E-state index < -0.39 is 0 Å². The molecule has 1 aliphatic heterocycles. The summed E-state index contributed by atoms with van der Waals surface area (Å²) in [5, 5.41) is 4.33. The minimum atomic E-state index is 0.0439. The van der Waals surface area contributed by atoms with Gasteiger partial charge in [-0.2, -0.15) is 11.3 Å². The van der Waals surface area contributed by atoms with Crippen molar-refractivity contribution in [3.8, 4) is 0 Å². The summed E-state index contributed by atoms with van der Waals surface area (Å²) in [5.41, 5.74) is 20.8. The van der Waals surface area contributed by atoms with Crippen LogP contribution in [0.1, 0.15) is 247 Å².